The molecule has 1 N–H and O–H groups in total. The maximum atomic E-state index is 10.3. The summed E-state index contributed by atoms with van der Waals surface area (Å²) in [6.07, 6.45) is 3.02. The molecule has 0 aliphatic carbocycles. The van der Waals surface area contributed by atoms with Gasteiger partial charge in [-0.05, 0) is 37.0 Å². The lowest BCUT2D eigenvalue weighted by Gasteiger charge is -2.20. The first-order chi connectivity index (χ1) is 7.68. The molecule has 3 heteroatoms. The quantitative estimate of drug-likeness (QED) is 0.900. The molecule has 0 amide bonds. The van der Waals surface area contributed by atoms with E-state index in [0.29, 0.717) is 0 Å². The van der Waals surface area contributed by atoms with E-state index in [1.165, 1.54) is 0 Å². The summed E-state index contributed by atoms with van der Waals surface area (Å²) in [4.78, 5) is 0. The van der Waals surface area contributed by atoms with E-state index < -0.39 is 6.10 Å². The van der Waals surface area contributed by atoms with Crippen molar-refractivity contribution in [3.63, 3.8) is 0 Å². The molecule has 1 heterocycles. The van der Waals surface area contributed by atoms with Crippen molar-refractivity contribution in [3.8, 4) is 0 Å². The van der Waals surface area contributed by atoms with Crippen LogP contribution in [0.3, 0.4) is 0 Å². The summed E-state index contributed by atoms with van der Waals surface area (Å²) < 4.78 is 6.20. The van der Waals surface area contributed by atoms with Crippen LogP contribution in [0.5, 0.6) is 0 Å². The summed E-state index contributed by atoms with van der Waals surface area (Å²) in [5.41, 5.74) is 3.02. The van der Waals surface area contributed by atoms with Gasteiger partial charge in [-0.1, -0.05) is 33.6 Å². The highest BCUT2D eigenvalue weighted by atomic mass is 79.9. The number of rotatable bonds is 2. The average molecular weight is 283 g/mol. The third-order valence-corrected chi connectivity index (χ3v) is 3.48. The predicted octanol–water partition coefficient (Wildman–Crippen LogP) is 3.49. The molecule has 0 saturated heterocycles. The fourth-order valence-electron chi connectivity index (χ4n) is 1.86. The van der Waals surface area contributed by atoms with Gasteiger partial charge in [-0.2, -0.15) is 0 Å². The van der Waals surface area contributed by atoms with E-state index in [1.807, 2.05) is 25.1 Å². The van der Waals surface area contributed by atoms with Gasteiger partial charge in [0.2, 0.25) is 0 Å². The molecule has 1 aliphatic rings. The molecule has 1 aromatic rings. The smallest absolute Gasteiger partial charge is 0.104 e. The lowest BCUT2D eigenvalue weighted by Crippen LogP contribution is -2.08. The van der Waals surface area contributed by atoms with Gasteiger partial charge in [0.15, 0.2) is 0 Å². The van der Waals surface area contributed by atoms with Gasteiger partial charge < -0.3 is 9.84 Å². The van der Waals surface area contributed by atoms with Gasteiger partial charge in [0.25, 0.3) is 0 Å². The number of benzene rings is 1. The topological polar surface area (TPSA) is 29.5 Å². The van der Waals surface area contributed by atoms with Gasteiger partial charge >= 0.3 is 0 Å². The molecule has 16 heavy (non-hydrogen) atoms. The van der Waals surface area contributed by atoms with Gasteiger partial charge in [0.05, 0.1) is 12.9 Å². The number of aliphatic hydroxyl groups is 1. The molecule has 0 saturated carbocycles. The van der Waals surface area contributed by atoms with Crippen molar-refractivity contribution in [3.05, 3.63) is 45.6 Å². The summed E-state index contributed by atoms with van der Waals surface area (Å²) >= 11 is 3.47. The summed E-state index contributed by atoms with van der Waals surface area (Å²) in [7, 11) is 0. The van der Waals surface area contributed by atoms with E-state index in [1.54, 1.807) is 6.26 Å². The predicted molar refractivity (Wildman–Crippen MR) is 67.1 cm³/mol. The highest BCUT2D eigenvalue weighted by Crippen LogP contribution is 2.32. The Labute approximate surface area is 104 Å². The van der Waals surface area contributed by atoms with Crippen molar-refractivity contribution < 1.29 is 9.84 Å². The molecule has 2 rings (SSSR count). The molecule has 1 aromatic carbocycles. The standard InChI is InChI=1S/C13H15BrO2/c1-9-4-5-12(14)11(7-9)13(15)10-3-2-6-16-8-10/h4-5,7-8,13,15H,2-3,6H2,1H3. The minimum absolute atomic E-state index is 0.561. The molecule has 0 aromatic heterocycles. The molecule has 1 aliphatic heterocycles. The molecule has 2 nitrogen and oxygen atoms in total. The van der Waals surface area contributed by atoms with Crippen LogP contribution in [0.25, 0.3) is 0 Å². The van der Waals surface area contributed by atoms with Gasteiger partial charge in [-0.25, -0.2) is 0 Å². The summed E-state index contributed by atoms with van der Waals surface area (Å²) in [6.45, 7) is 2.78. The van der Waals surface area contributed by atoms with Gasteiger partial charge in [0, 0.05) is 4.47 Å². The van der Waals surface area contributed by atoms with Crippen LogP contribution < -0.4 is 0 Å². The zero-order chi connectivity index (χ0) is 11.5. The second-order valence-electron chi connectivity index (χ2n) is 4.09. The van der Waals surface area contributed by atoms with E-state index in [9.17, 15) is 5.11 Å². The van der Waals surface area contributed by atoms with Crippen LogP contribution in [-0.4, -0.2) is 11.7 Å². The number of aryl methyl sites for hydroxylation is 1. The maximum Gasteiger partial charge on any atom is 0.104 e. The summed E-state index contributed by atoms with van der Waals surface area (Å²) in [5, 5.41) is 10.3. The second kappa shape index (κ2) is 5.02. The SMILES string of the molecule is Cc1ccc(Br)c(C(O)C2=COCCC2)c1. The largest absolute Gasteiger partial charge is 0.501 e. The van der Waals surface area contributed by atoms with Crippen molar-refractivity contribution in [1.82, 2.24) is 0 Å². The van der Waals surface area contributed by atoms with E-state index >= 15 is 0 Å². The Morgan fingerprint density at radius 1 is 1.44 bits per heavy atom. The molecule has 0 radical (unpaired) electrons. The molecule has 0 bridgehead atoms. The van der Waals surface area contributed by atoms with Gasteiger partial charge in [-0.15, -0.1) is 0 Å². The molecular weight excluding hydrogens is 268 g/mol. The zero-order valence-electron chi connectivity index (χ0n) is 9.24. The minimum Gasteiger partial charge on any atom is -0.501 e. The van der Waals surface area contributed by atoms with Crippen LogP contribution in [0.1, 0.15) is 30.1 Å². The minimum atomic E-state index is -0.561. The Hall–Kier alpha value is -0.800. The third-order valence-electron chi connectivity index (χ3n) is 2.76. The molecule has 0 fully saturated rings. The number of ether oxygens (including phenoxy) is 1. The van der Waals surface area contributed by atoms with E-state index in [0.717, 1.165) is 40.6 Å². The van der Waals surface area contributed by atoms with Crippen LogP contribution in [0.15, 0.2) is 34.5 Å². The summed E-state index contributed by atoms with van der Waals surface area (Å²) in [6, 6.07) is 5.99. The lowest BCUT2D eigenvalue weighted by atomic mass is 9.97. The van der Waals surface area contributed by atoms with Crippen LogP contribution in [-0.2, 0) is 4.74 Å². The van der Waals surface area contributed by atoms with Crippen LogP contribution in [0, 0.1) is 6.92 Å². The number of aliphatic hydroxyl groups excluding tert-OH is 1. The molecule has 86 valence electrons. The van der Waals surface area contributed by atoms with Crippen molar-refractivity contribution >= 4 is 15.9 Å². The maximum absolute atomic E-state index is 10.3. The number of halogens is 1. The highest BCUT2D eigenvalue weighted by Gasteiger charge is 2.18. The fourth-order valence-corrected chi connectivity index (χ4v) is 2.32. The van der Waals surface area contributed by atoms with E-state index in [-0.39, 0.29) is 0 Å². The highest BCUT2D eigenvalue weighted by molar-refractivity contribution is 9.10. The van der Waals surface area contributed by atoms with Crippen LogP contribution in [0.2, 0.25) is 0 Å². The number of hydrogen-bond acceptors (Lipinski definition) is 2. The average Bonchev–Trinajstić information content (AvgIpc) is 2.32. The Morgan fingerprint density at radius 3 is 2.94 bits per heavy atom. The van der Waals surface area contributed by atoms with E-state index in [2.05, 4.69) is 15.9 Å². The molecule has 1 atom stereocenters. The van der Waals surface area contributed by atoms with Crippen LogP contribution >= 0.6 is 15.9 Å². The third kappa shape index (κ3) is 2.47. The second-order valence-corrected chi connectivity index (χ2v) is 4.95. The summed E-state index contributed by atoms with van der Waals surface area (Å²) in [5.74, 6) is 0. The first-order valence-corrected chi connectivity index (χ1v) is 6.22. The monoisotopic (exact) mass is 282 g/mol. The zero-order valence-corrected chi connectivity index (χ0v) is 10.8. The van der Waals surface area contributed by atoms with Crippen molar-refractivity contribution in [2.24, 2.45) is 0 Å². The Balaban J connectivity index is 2.29. The van der Waals surface area contributed by atoms with E-state index in [4.69, 9.17) is 4.74 Å². The van der Waals surface area contributed by atoms with Crippen molar-refractivity contribution in [2.75, 3.05) is 6.61 Å². The van der Waals surface area contributed by atoms with Crippen LogP contribution in [0.4, 0.5) is 0 Å². The van der Waals surface area contributed by atoms with Gasteiger partial charge in [-0.3, -0.25) is 0 Å². The Morgan fingerprint density at radius 2 is 2.25 bits per heavy atom. The molecular formula is C13H15BrO2. The lowest BCUT2D eigenvalue weighted by molar-refractivity contribution is 0.170. The Bertz CT molecular complexity index is 412. The number of hydrogen-bond donors (Lipinski definition) is 1. The first-order valence-electron chi connectivity index (χ1n) is 5.43. The van der Waals surface area contributed by atoms with Crippen molar-refractivity contribution in [1.29, 1.82) is 0 Å². The van der Waals surface area contributed by atoms with Gasteiger partial charge in [0.1, 0.15) is 6.10 Å². The normalized spacial score (nSPS) is 17.6. The molecule has 0 spiro atoms. The fraction of sp³-hybridized carbons (Fsp3) is 0.385. The molecule has 1 unspecified atom stereocenters. The Kier molecular flexibility index (Phi) is 3.66. The first kappa shape index (κ1) is 11.7. The van der Waals surface area contributed by atoms with Crippen molar-refractivity contribution in [2.45, 2.75) is 25.9 Å².